The zero-order valence-electron chi connectivity index (χ0n) is 16.6. The molecule has 0 bridgehead atoms. The van der Waals surface area contributed by atoms with Crippen molar-refractivity contribution in [2.24, 2.45) is 0 Å². The van der Waals surface area contributed by atoms with Crippen LogP contribution in [0.1, 0.15) is 32.7 Å². The first kappa shape index (κ1) is 18.9. The van der Waals surface area contributed by atoms with E-state index in [0.29, 0.717) is 40.7 Å². The number of rotatable bonds is 4. The Morgan fingerprint density at radius 2 is 1.79 bits per heavy atom. The summed E-state index contributed by atoms with van der Waals surface area (Å²) < 4.78 is 13.6. The maximum Gasteiger partial charge on any atom is 0.253 e. The number of amides is 1. The summed E-state index contributed by atoms with van der Waals surface area (Å²) in [4.78, 5) is 31.1. The summed E-state index contributed by atoms with van der Waals surface area (Å²) >= 11 is 0. The molecule has 0 aliphatic heterocycles. The van der Waals surface area contributed by atoms with Crippen molar-refractivity contribution >= 4 is 27.7 Å². The molecule has 0 aliphatic carbocycles. The highest BCUT2D eigenvalue weighted by Gasteiger charge is 2.16. The highest BCUT2D eigenvalue weighted by atomic mass is 19.1. The second kappa shape index (κ2) is 7.20. The molecule has 0 atom stereocenters. The third kappa shape index (κ3) is 3.53. The second-order valence-electron chi connectivity index (χ2n) is 7.49. The van der Waals surface area contributed by atoms with Gasteiger partial charge in [0.15, 0.2) is 0 Å². The van der Waals surface area contributed by atoms with E-state index in [1.807, 2.05) is 26.0 Å². The van der Waals surface area contributed by atoms with Gasteiger partial charge in [0.2, 0.25) is 0 Å². The van der Waals surface area contributed by atoms with Crippen molar-refractivity contribution in [1.29, 1.82) is 0 Å². The molecule has 1 amide bonds. The minimum absolute atomic E-state index is 0.151. The van der Waals surface area contributed by atoms with Crippen LogP contribution in [0.25, 0.3) is 21.8 Å². The van der Waals surface area contributed by atoms with Crippen LogP contribution in [0.4, 0.5) is 4.39 Å². The quantitative estimate of drug-likeness (QED) is 0.491. The molecule has 4 aromatic rings. The smallest absolute Gasteiger partial charge is 0.253 e. The largest absolute Gasteiger partial charge is 0.358 e. The average Bonchev–Trinajstić information content (AvgIpc) is 2.97. The van der Waals surface area contributed by atoms with Gasteiger partial charge in [0.25, 0.3) is 11.5 Å². The fourth-order valence-corrected chi connectivity index (χ4v) is 3.89. The minimum atomic E-state index is -0.390. The van der Waals surface area contributed by atoms with E-state index in [0.717, 1.165) is 22.0 Å². The van der Waals surface area contributed by atoms with Crippen LogP contribution in [0.2, 0.25) is 0 Å². The number of pyridine rings is 1. The van der Waals surface area contributed by atoms with Gasteiger partial charge in [-0.25, -0.2) is 4.39 Å². The number of nitrogens with one attached hydrogen (secondary N) is 3. The van der Waals surface area contributed by atoms with Crippen LogP contribution in [-0.4, -0.2) is 22.4 Å². The summed E-state index contributed by atoms with van der Waals surface area (Å²) in [6.45, 7) is 6.09. The van der Waals surface area contributed by atoms with Gasteiger partial charge in [0, 0.05) is 39.6 Å². The van der Waals surface area contributed by atoms with Gasteiger partial charge in [-0.15, -0.1) is 0 Å². The lowest BCUT2D eigenvalue weighted by molar-refractivity contribution is 0.0955. The van der Waals surface area contributed by atoms with Gasteiger partial charge in [0.05, 0.1) is 5.56 Å². The van der Waals surface area contributed by atoms with Gasteiger partial charge in [-0.1, -0.05) is 6.07 Å². The highest BCUT2D eigenvalue weighted by Crippen LogP contribution is 2.23. The normalized spacial score (nSPS) is 11.3. The summed E-state index contributed by atoms with van der Waals surface area (Å²) in [5, 5.41) is 4.40. The Bertz CT molecular complexity index is 1320. The molecule has 29 heavy (non-hydrogen) atoms. The molecule has 148 valence electrons. The molecule has 0 radical (unpaired) electrons. The van der Waals surface area contributed by atoms with Crippen LogP contribution in [0.3, 0.4) is 0 Å². The molecular formula is C23H22FN3O2. The number of carbonyl (C=O) groups is 1. The molecule has 0 unspecified atom stereocenters. The van der Waals surface area contributed by atoms with E-state index in [9.17, 15) is 14.0 Å². The molecule has 2 aromatic heterocycles. The Morgan fingerprint density at radius 1 is 1.00 bits per heavy atom. The first-order chi connectivity index (χ1) is 13.8. The predicted molar refractivity (Wildman–Crippen MR) is 113 cm³/mol. The third-order valence-corrected chi connectivity index (χ3v) is 5.24. The zero-order valence-corrected chi connectivity index (χ0v) is 16.6. The Morgan fingerprint density at radius 3 is 2.59 bits per heavy atom. The number of aromatic nitrogens is 2. The molecular weight excluding hydrogens is 369 g/mol. The van der Waals surface area contributed by atoms with E-state index in [1.54, 1.807) is 13.0 Å². The number of H-pyrrole nitrogens is 2. The van der Waals surface area contributed by atoms with Crippen LogP contribution in [0, 0.1) is 26.6 Å². The number of halogens is 1. The van der Waals surface area contributed by atoms with Crippen LogP contribution < -0.4 is 10.9 Å². The molecule has 0 spiro atoms. The van der Waals surface area contributed by atoms with Crippen LogP contribution in [-0.2, 0) is 6.42 Å². The van der Waals surface area contributed by atoms with E-state index in [2.05, 4.69) is 21.4 Å². The van der Waals surface area contributed by atoms with Crippen molar-refractivity contribution < 1.29 is 9.18 Å². The summed E-state index contributed by atoms with van der Waals surface area (Å²) in [6, 6.07) is 10.2. The fourth-order valence-electron chi connectivity index (χ4n) is 3.89. The summed E-state index contributed by atoms with van der Waals surface area (Å²) in [5.74, 6) is -0.678. The Labute approximate surface area is 167 Å². The third-order valence-electron chi connectivity index (χ3n) is 5.24. The molecule has 0 saturated heterocycles. The number of hydrogen-bond donors (Lipinski definition) is 3. The lowest BCUT2D eigenvalue weighted by Gasteiger charge is -2.08. The molecule has 0 fully saturated rings. The molecule has 6 heteroatoms. The van der Waals surface area contributed by atoms with E-state index >= 15 is 0 Å². The van der Waals surface area contributed by atoms with Crippen molar-refractivity contribution in [3.8, 4) is 0 Å². The Balaban J connectivity index is 1.54. The van der Waals surface area contributed by atoms with Crippen molar-refractivity contribution in [2.75, 3.05) is 6.54 Å². The second-order valence-corrected chi connectivity index (χ2v) is 7.49. The number of aryl methyl sites for hydroxylation is 3. The molecule has 4 rings (SSSR count). The fraction of sp³-hybridized carbons (Fsp3) is 0.217. The van der Waals surface area contributed by atoms with E-state index in [4.69, 9.17) is 0 Å². The topological polar surface area (TPSA) is 77.8 Å². The maximum absolute atomic E-state index is 13.6. The number of fused-ring (bicyclic) bond motifs is 2. The number of aromatic amines is 2. The van der Waals surface area contributed by atoms with Crippen LogP contribution in [0.15, 0.2) is 41.2 Å². The van der Waals surface area contributed by atoms with E-state index < -0.39 is 0 Å². The molecule has 2 aromatic carbocycles. The number of hydrogen-bond acceptors (Lipinski definition) is 2. The Kier molecular flexibility index (Phi) is 4.70. The van der Waals surface area contributed by atoms with Crippen molar-refractivity contribution in [3.05, 3.63) is 80.5 Å². The number of carbonyl (C=O) groups excluding carboxylic acids is 1. The molecule has 0 saturated carbocycles. The Hall–Kier alpha value is -3.41. The molecule has 5 nitrogen and oxygen atoms in total. The van der Waals surface area contributed by atoms with Crippen LogP contribution in [0.5, 0.6) is 0 Å². The van der Waals surface area contributed by atoms with Gasteiger partial charge in [0.1, 0.15) is 5.82 Å². The van der Waals surface area contributed by atoms with Gasteiger partial charge in [-0.05, 0) is 68.7 Å². The highest BCUT2D eigenvalue weighted by molar-refractivity contribution is 6.08. The van der Waals surface area contributed by atoms with Gasteiger partial charge in [-0.2, -0.15) is 0 Å². The lowest BCUT2D eigenvalue weighted by atomic mass is 10.0. The summed E-state index contributed by atoms with van der Waals surface area (Å²) in [6.07, 6.45) is 0.403. The summed E-state index contributed by atoms with van der Waals surface area (Å²) in [7, 11) is 0. The maximum atomic E-state index is 13.6. The van der Waals surface area contributed by atoms with Gasteiger partial charge < -0.3 is 15.3 Å². The van der Waals surface area contributed by atoms with Crippen molar-refractivity contribution in [2.45, 2.75) is 27.2 Å². The van der Waals surface area contributed by atoms with Crippen LogP contribution >= 0.6 is 0 Å². The molecule has 2 heterocycles. The monoisotopic (exact) mass is 391 g/mol. The number of benzene rings is 2. The average molecular weight is 391 g/mol. The van der Waals surface area contributed by atoms with Crippen molar-refractivity contribution in [1.82, 2.24) is 15.3 Å². The SMILES string of the molecule is Cc1cc(C)c2cc(CCNC(=O)c3c(C)[nH]c4ccc(F)cc34)c(=O)[nH]c2c1. The van der Waals surface area contributed by atoms with Crippen molar-refractivity contribution in [3.63, 3.8) is 0 Å². The molecule has 3 N–H and O–H groups in total. The minimum Gasteiger partial charge on any atom is -0.358 e. The first-order valence-electron chi connectivity index (χ1n) is 9.52. The zero-order chi connectivity index (χ0) is 20.7. The molecule has 0 aliphatic rings. The van der Waals surface area contributed by atoms with E-state index in [-0.39, 0.29) is 17.3 Å². The van der Waals surface area contributed by atoms with Gasteiger partial charge in [-0.3, -0.25) is 9.59 Å². The summed E-state index contributed by atoms with van der Waals surface area (Å²) in [5.41, 5.74) is 5.29. The van der Waals surface area contributed by atoms with E-state index in [1.165, 1.54) is 12.1 Å². The predicted octanol–water partition coefficient (Wildman–Crippen LogP) is 4.05. The van der Waals surface area contributed by atoms with Gasteiger partial charge >= 0.3 is 0 Å². The standard InChI is InChI=1S/C23H22FN3O2/c1-12-8-13(2)17-10-15(22(28)27-20(17)9-12)6-7-25-23(29)21-14(3)26-19-5-4-16(24)11-18(19)21/h4-5,8-11,26H,6-7H2,1-3H3,(H,25,29)(H,27,28). The lowest BCUT2D eigenvalue weighted by Crippen LogP contribution is -2.27. The first-order valence-corrected chi connectivity index (χ1v) is 9.52.